The second-order valence-corrected chi connectivity index (χ2v) is 7.87. The van der Waals surface area contributed by atoms with Crippen LogP contribution in [0.25, 0.3) is 0 Å². The summed E-state index contributed by atoms with van der Waals surface area (Å²) in [5.74, 6) is 13.5. The van der Waals surface area contributed by atoms with Crippen LogP contribution in [0.15, 0.2) is 6.07 Å². The van der Waals surface area contributed by atoms with Crippen molar-refractivity contribution in [3.63, 3.8) is 0 Å². The highest BCUT2D eigenvalue weighted by Gasteiger charge is 2.52. The smallest absolute Gasteiger partial charge is 0.0571 e. The highest BCUT2D eigenvalue weighted by Crippen LogP contribution is 2.61. The fourth-order valence-electron chi connectivity index (χ4n) is 6.10. The molecule has 116 valence electrons. The van der Waals surface area contributed by atoms with Crippen molar-refractivity contribution in [2.75, 3.05) is 0 Å². The van der Waals surface area contributed by atoms with E-state index in [0.29, 0.717) is 11.1 Å². The zero-order valence-electron chi connectivity index (χ0n) is 13.9. The van der Waals surface area contributed by atoms with E-state index in [1.165, 1.54) is 44.1 Å². The van der Waals surface area contributed by atoms with Gasteiger partial charge in [-0.25, -0.2) is 0 Å². The van der Waals surface area contributed by atoms with Crippen LogP contribution in [0.2, 0.25) is 0 Å². The van der Waals surface area contributed by atoms with Crippen molar-refractivity contribution in [3.8, 4) is 49.4 Å². The lowest BCUT2D eigenvalue weighted by Gasteiger charge is -2.57. The van der Waals surface area contributed by atoms with E-state index in [9.17, 15) is 0 Å². The summed E-state index contributed by atoms with van der Waals surface area (Å²) in [7, 11) is 0. The van der Waals surface area contributed by atoms with Crippen LogP contribution < -0.4 is 0 Å². The van der Waals surface area contributed by atoms with Crippen LogP contribution >= 0.6 is 0 Å². The summed E-state index contributed by atoms with van der Waals surface area (Å²) in [5.41, 5.74) is 4.12. The van der Waals surface area contributed by atoms with Gasteiger partial charge in [0.05, 0.1) is 11.1 Å². The summed E-state index contributed by atoms with van der Waals surface area (Å²) in [5, 5.41) is 0. The average molecular weight is 308 g/mol. The Balaban J connectivity index is 1.97. The van der Waals surface area contributed by atoms with Crippen molar-refractivity contribution in [2.24, 2.45) is 17.8 Å². The molecule has 0 atom stereocenters. The van der Waals surface area contributed by atoms with Crippen molar-refractivity contribution >= 4 is 0 Å². The third-order valence-electron chi connectivity index (χ3n) is 6.53. The van der Waals surface area contributed by atoms with E-state index < -0.39 is 0 Å². The van der Waals surface area contributed by atoms with Gasteiger partial charge in [-0.2, -0.15) is 0 Å². The number of hydrogen-bond donors (Lipinski definition) is 0. The van der Waals surface area contributed by atoms with E-state index in [1.807, 2.05) is 0 Å². The molecular formula is C24H20. The molecule has 0 N–H and O–H groups in total. The first-order valence-corrected chi connectivity index (χ1v) is 8.72. The highest BCUT2D eigenvalue weighted by atomic mass is 14.6. The van der Waals surface area contributed by atoms with Gasteiger partial charge in [-0.05, 0) is 73.3 Å². The lowest BCUT2D eigenvalue weighted by molar-refractivity contribution is -0.00531. The van der Waals surface area contributed by atoms with Crippen molar-refractivity contribution in [2.45, 2.75) is 43.9 Å². The van der Waals surface area contributed by atoms with Crippen molar-refractivity contribution in [1.82, 2.24) is 0 Å². The molecule has 0 spiro atoms. The minimum absolute atomic E-state index is 0.154. The maximum absolute atomic E-state index is 5.90. The molecule has 0 amide bonds. The van der Waals surface area contributed by atoms with E-state index in [0.717, 1.165) is 28.9 Å². The summed E-state index contributed by atoms with van der Waals surface area (Å²) >= 11 is 0. The van der Waals surface area contributed by atoms with Crippen LogP contribution in [0.4, 0.5) is 0 Å². The molecule has 0 aromatic heterocycles. The minimum Gasteiger partial charge on any atom is -0.115 e. The van der Waals surface area contributed by atoms with E-state index in [4.69, 9.17) is 25.7 Å². The largest absolute Gasteiger partial charge is 0.115 e. The molecule has 24 heavy (non-hydrogen) atoms. The number of hydrogen-bond acceptors (Lipinski definition) is 0. The Hall–Kier alpha value is -2.54. The first-order chi connectivity index (χ1) is 11.6. The maximum Gasteiger partial charge on any atom is 0.0571 e. The Labute approximate surface area is 145 Å². The Bertz CT molecular complexity index is 847. The molecule has 4 aliphatic rings. The Morgan fingerprint density at radius 2 is 1.21 bits per heavy atom. The second kappa shape index (κ2) is 5.24. The van der Waals surface area contributed by atoms with Gasteiger partial charge in [0, 0.05) is 11.1 Å². The second-order valence-electron chi connectivity index (χ2n) is 7.87. The molecule has 1 aromatic rings. The average Bonchev–Trinajstić information content (AvgIpc) is 2.58. The third-order valence-corrected chi connectivity index (χ3v) is 6.53. The molecule has 4 aliphatic carbocycles. The molecule has 0 unspecified atom stereocenters. The number of rotatable bonds is 1. The lowest BCUT2D eigenvalue weighted by atomic mass is 9.47. The quantitative estimate of drug-likeness (QED) is 0.686. The molecule has 0 saturated heterocycles. The van der Waals surface area contributed by atoms with Crippen LogP contribution in [-0.2, 0) is 5.41 Å². The molecule has 4 fully saturated rings. The van der Waals surface area contributed by atoms with Gasteiger partial charge in [-0.15, -0.1) is 25.7 Å². The highest BCUT2D eigenvalue weighted by molar-refractivity contribution is 5.68. The fraction of sp³-hybridized carbons (Fsp3) is 0.417. The standard InChI is InChI=1S/C24H20/c1-5-19-12-23(22(8-4)21(7-3)20(19)6-2)24-13-16-9-17(14-24)11-18(10-16)15-24/h1-4,12,16-18H,9-11,13-15H2. The van der Waals surface area contributed by atoms with Gasteiger partial charge < -0.3 is 0 Å². The Morgan fingerprint density at radius 1 is 0.708 bits per heavy atom. The van der Waals surface area contributed by atoms with Crippen molar-refractivity contribution < 1.29 is 0 Å². The van der Waals surface area contributed by atoms with Gasteiger partial charge in [-0.1, -0.05) is 23.7 Å². The molecule has 5 rings (SSSR count). The Kier molecular flexibility index (Phi) is 3.28. The lowest BCUT2D eigenvalue weighted by Crippen LogP contribution is -2.49. The SMILES string of the molecule is C#Cc1cc(C23CC4CC(CC(C4)C2)C3)c(C#C)c(C#C)c1C#C. The summed E-state index contributed by atoms with van der Waals surface area (Å²) in [6.45, 7) is 0. The molecule has 0 heteroatoms. The van der Waals surface area contributed by atoms with Gasteiger partial charge in [0.2, 0.25) is 0 Å². The zero-order valence-corrected chi connectivity index (χ0v) is 13.9. The molecule has 0 heterocycles. The number of terminal acetylenes is 4. The monoisotopic (exact) mass is 308 g/mol. The normalized spacial score (nSPS) is 32.4. The predicted molar refractivity (Wildman–Crippen MR) is 98.0 cm³/mol. The van der Waals surface area contributed by atoms with E-state index in [-0.39, 0.29) is 5.41 Å². The van der Waals surface area contributed by atoms with Crippen molar-refractivity contribution in [1.29, 1.82) is 0 Å². The Morgan fingerprint density at radius 3 is 1.62 bits per heavy atom. The zero-order chi connectivity index (χ0) is 16.9. The van der Waals surface area contributed by atoms with E-state index >= 15 is 0 Å². The van der Waals surface area contributed by atoms with Crippen LogP contribution in [0.5, 0.6) is 0 Å². The van der Waals surface area contributed by atoms with Gasteiger partial charge in [0.25, 0.3) is 0 Å². The van der Waals surface area contributed by atoms with Gasteiger partial charge in [0.15, 0.2) is 0 Å². The summed E-state index contributed by atoms with van der Waals surface area (Å²) in [4.78, 5) is 0. The van der Waals surface area contributed by atoms with Gasteiger partial charge >= 0.3 is 0 Å². The summed E-state index contributed by atoms with van der Waals surface area (Å²) in [6, 6.07) is 2.08. The molecule has 4 bridgehead atoms. The van der Waals surface area contributed by atoms with Crippen LogP contribution in [0, 0.1) is 67.1 Å². The van der Waals surface area contributed by atoms with Crippen LogP contribution in [-0.4, -0.2) is 0 Å². The van der Waals surface area contributed by atoms with Crippen LogP contribution in [0.3, 0.4) is 0 Å². The molecule has 0 nitrogen and oxygen atoms in total. The van der Waals surface area contributed by atoms with Gasteiger partial charge in [-0.3, -0.25) is 0 Å². The van der Waals surface area contributed by atoms with E-state index in [2.05, 4.69) is 29.7 Å². The fourth-order valence-corrected chi connectivity index (χ4v) is 6.10. The van der Waals surface area contributed by atoms with Crippen molar-refractivity contribution in [3.05, 3.63) is 33.9 Å². The molecule has 1 aromatic carbocycles. The predicted octanol–water partition coefficient (Wildman–Crippen LogP) is 4.08. The number of benzene rings is 1. The third kappa shape index (κ3) is 1.94. The maximum atomic E-state index is 5.90. The summed E-state index contributed by atoms with van der Waals surface area (Å²) in [6.07, 6.45) is 30.9. The molecule has 0 radical (unpaired) electrons. The summed E-state index contributed by atoms with van der Waals surface area (Å²) < 4.78 is 0. The minimum atomic E-state index is 0.154. The molecule has 4 saturated carbocycles. The topological polar surface area (TPSA) is 0 Å². The van der Waals surface area contributed by atoms with Gasteiger partial charge in [0.1, 0.15) is 0 Å². The first kappa shape index (κ1) is 15.0. The molecular weight excluding hydrogens is 288 g/mol. The van der Waals surface area contributed by atoms with Crippen LogP contribution in [0.1, 0.15) is 66.3 Å². The molecule has 0 aliphatic heterocycles. The first-order valence-electron chi connectivity index (χ1n) is 8.72. The van der Waals surface area contributed by atoms with E-state index in [1.54, 1.807) is 0 Å².